The Hall–Kier alpha value is -1.10. The molecule has 0 aromatic rings. The summed E-state index contributed by atoms with van der Waals surface area (Å²) in [5.74, 6) is -0.844. The van der Waals surface area contributed by atoms with Crippen molar-refractivity contribution < 1.29 is 14.7 Å². The van der Waals surface area contributed by atoms with E-state index in [-0.39, 0.29) is 11.8 Å². The van der Waals surface area contributed by atoms with Crippen molar-refractivity contribution in [2.75, 3.05) is 6.54 Å². The Morgan fingerprint density at radius 3 is 2.58 bits per heavy atom. The van der Waals surface area contributed by atoms with Gasteiger partial charge in [-0.1, -0.05) is 13.3 Å². The highest BCUT2D eigenvalue weighted by atomic mass is 16.4. The highest BCUT2D eigenvalue weighted by Crippen LogP contribution is 2.42. The number of hydrogen-bond acceptors (Lipinski definition) is 3. The smallest absolute Gasteiger partial charge is 0.329 e. The molecular weight excluding hydrogens is 244 g/mol. The van der Waals surface area contributed by atoms with E-state index in [2.05, 4.69) is 0 Å². The number of carbonyl (C=O) groups is 2. The molecule has 0 radical (unpaired) electrons. The van der Waals surface area contributed by atoms with Gasteiger partial charge in [-0.2, -0.15) is 0 Å². The van der Waals surface area contributed by atoms with Gasteiger partial charge in [0.1, 0.15) is 5.54 Å². The number of carboxylic acid groups (broad SMARTS) is 1. The maximum absolute atomic E-state index is 12.7. The van der Waals surface area contributed by atoms with E-state index in [0.717, 1.165) is 25.7 Å². The lowest BCUT2D eigenvalue weighted by molar-refractivity contribution is -0.159. The lowest BCUT2D eigenvalue weighted by Gasteiger charge is -2.39. The van der Waals surface area contributed by atoms with E-state index in [1.165, 1.54) is 0 Å². The highest BCUT2D eigenvalue weighted by Gasteiger charge is 2.54. The largest absolute Gasteiger partial charge is 0.479 e. The Morgan fingerprint density at radius 1 is 1.47 bits per heavy atom. The van der Waals surface area contributed by atoms with Gasteiger partial charge in [-0.3, -0.25) is 4.79 Å². The fraction of sp³-hybridized carbons (Fsp3) is 0.857. The van der Waals surface area contributed by atoms with Crippen LogP contribution in [0, 0.1) is 5.92 Å². The molecule has 3 N–H and O–H groups in total. The first kappa shape index (κ1) is 14.3. The topological polar surface area (TPSA) is 83.6 Å². The number of nitrogens with zero attached hydrogens (tertiary/aromatic N) is 1. The molecule has 108 valence electrons. The third kappa shape index (κ3) is 2.24. The van der Waals surface area contributed by atoms with Crippen molar-refractivity contribution in [3.8, 4) is 0 Å². The number of rotatable bonds is 5. The fourth-order valence-electron chi connectivity index (χ4n) is 3.33. The molecule has 0 spiro atoms. The minimum Gasteiger partial charge on any atom is -0.479 e. The number of carboxylic acids is 1. The quantitative estimate of drug-likeness (QED) is 0.788. The van der Waals surface area contributed by atoms with Crippen molar-refractivity contribution in [1.82, 2.24) is 4.90 Å². The van der Waals surface area contributed by atoms with E-state index < -0.39 is 17.0 Å². The molecular formula is C14H24N2O3. The van der Waals surface area contributed by atoms with Crippen LogP contribution in [0.2, 0.25) is 0 Å². The van der Waals surface area contributed by atoms with Gasteiger partial charge in [0.15, 0.2) is 0 Å². The van der Waals surface area contributed by atoms with Gasteiger partial charge in [-0.25, -0.2) is 4.79 Å². The van der Waals surface area contributed by atoms with Gasteiger partial charge < -0.3 is 15.7 Å². The van der Waals surface area contributed by atoms with E-state index in [4.69, 9.17) is 5.73 Å². The average Bonchev–Trinajstić information content (AvgIpc) is 3.11. The molecule has 2 unspecified atom stereocenters. The summed E-state index contributed by atoms with van der Waals surface area (Å²) >= 11 is 0. The highest BCUT2D eigenvalue weighted by molar-refractivity contribution is 5.93. The van der Waals surface area contributed by atoms with Crippen LogP contribution in [0.15, 0.2) is 0 Å². The van der Waals surface area contributed by atoms with E-state index in [0.29, 0.717) is 19.4 Å². The molecule has 5 nitrogen and oxygen atoms in total. The maximum Gasteiger partial charge on any atom is 0.329 e. The van der Waals surface area contributed by atoms with Crippen LogP contribution in [0.4, 0.5) is 0 Å². The number of likely N-dealkylation sites (tertiary alicyclic amines) is 1. The van der Waals surface area contributed by atoms with Crippen LogP contribution in [-0.4, -0.2) is 39.5 Å². The molecule has 1 aliphatic carbocycles. The summed E-state index contributed by atoms with van der Waals surface area (Å²) in [5.41, 5.74) is 4.25. The molecule has 1 amide bonds. The number of nitrogens with two attached hydrogens (primary N) is 1. The van der Waals surface area contributed by atoms with Gasteiger partial charge in [0.2, 0.25) is 5.91 Å². The Labute approximate surface area is 114 Å². The Balaban J connectivity index is 2.26. The zero-order valence-corrected chi connectivity index (χ0v) is 11.8. The molecule has 2 rings (SSSR count). The Morgan fingerprint density at radius 2 is 2.11 bits per heavy atom. The van der Waals surface area contributed by atoms with Gasteiger partial charge in [0.05, 0.1) is 5.54 Å². The second-order valence-corrected chi connectivity index (χ2v) is 6.20. The number of hydrogen-bond donors (Lipinski definition) is 2. The third-order valence-corrected chi connectivity index (χ3v) is 4.68. The van der Waals surface area contributed by atoms with Gasteiger partial charge in [0, 0.05) is 6.54 Å². The van der Waals surface area contributed by atoms with Crippen molar-refractivity contribution in [2.45, 2.75) is 63.5 Å². The molecule has 0 aromatic carbocycles. The predicted octanol–water partition coefficient (Wildman–Crippen LogP) is 1.36. The second-order valence-electron chi connectivity index (χ2n) is 6.20. The summed E-state index contributed by atoms with van der Waals surface area (Å²) in [5, 5.41) is 9.60. The van der Waals surface area contributed by atoms with Gasteiger partial charge in [-0.05, 0) is 44.9 Å². The van der Waals surface area contributed by atoms with Crippen LogP contribution >= 0.6 is 0 Å². The standard InChI is InChI=1S/C14H24N2O3/c1-3-7-14(12(18)19)8-4-9-16(14)11(17)13(2,15)10-5-6-10/h10H,3-9,15H2,1-2H3,(H,18,19). The minimum absolute atomic E-state index is 0.177. The van der Waals surface area contributed by atoms with E-state index in [1.807, 2.05) is 6.92 Å². The first-order valence-electron chi connectivity index (χ1n) is 7.20. The Bertz CT molecular complexity index is 390. The third-order valence-electron chi connectivity index (χ3n) is 4.68. The number of aliphatic carboxylic acids is 1. The molecule has 1 heterocycles. The summed E-state index contributed by atoms with van der Waals surface area (Å²) in [7, 11) is 0. The Kier molecular flexibility index (Phi) is 3.60. The predicted molar refractivity (Wildman–Crippen MR) is 71.5 cm³/mol. The average molecular weight is 268 g/mol. The lowest BCUT2D eigenvalue weighted by Crippen LogP contribution is -2.62. The summed E-state index contributed by atoms with van der Waals surface area (Å²) in [4.78, 5) is 25.9. The lowest BCUT2D eigenvalue weighted by atomic mass is 9.87. The summed E-state index contributed by atoms with van der Waals surface area (Å²) in [6.45, 7) is 4.22. The van der Waals surface area contributed by atoms with Crippen LogP contribution in [-0.2, 0) is 9.59 Å². The van der Waals surface area contributed by atoms with Crippen molar-refractivity contribution in [1.29, 1.82) is 0 Å². The van der Waals surface area contributed by atoms with Gasteiger partial charge in [0.25, 0.3) is 0 Å². The zero-order valence-electron chi connectivity index (χ0n) is 11.8. The minimum atomic E-state index is -1.03. The van der Waals surface area contributed by atoms with Crippen LogP contribution in [0.1, 0.15) is 52.4 Å². The van der Waals surface area contributed by atoms with Crippen molar-refractivity contribution in [3.05, 3.63) is 0 Å². The second kappa shape index (κ2) is 4.78. The van der Waals surface area contributed by atoms with Crippen LogP contribution < -0.4 is 5.73 Å². The van der Waals surface area contributed by atoms with Crippen LogP contribution in [0.25, 0.3) is 0 Å². The summed E-state index contributed by atoms with van der Waals surface area (Å²) in [6.07, 6.45) is 4.50. The van der Waals surface area contributed by atoms with E-state index in [1.54, 1.807) is 11.8 Å². The first-order chi connectivity index (χ1) is 8.86. The molecule has 0 bridgehead atoms. The van der Waals surface area contributed by atoms with Gasteiger partial charge in [-0.15, -0.1) is 0 Å². The van der Waals surface area contributed by atoms with Gasteiger partial charge >= 0.3 is 5.97 Å². The van der Waals surface area contributed by atoms with Crippen LogP contribution in [0.5, 0.6) is 0 Å². The fourth-order valence-corrected chi connectivity index (χ4v) is 3.33. The first-order valence-corrected chi connectivity index (χ1v) is 7.20. The SMILES string of the molecule is CCCC1(C(=O)O)CCCN1C(=O)C(C)(N)C1CC1. The zero-order chi connectivity index (χ0) is 14.3. The molecule has 1 saturated heterocycles. The number of carbonyl (C=O) groups excluding carboxylic acids is 1. The van der Waals surface area contributed by atoms with Crippen molar-refractivity contribution >= 4 is 11.9 Å². The maximum atomic E-state index is 12.7. The van der Waals surface area contributed by atoms with Crippen LogP contribution in [0.3, 0.4) is 0 Å². The molecule has 5 heteroatoms. The van der Waals surface area contributed by atoms with Crippen molar-refractivity contribution in [2.24, 2.45) is 11.7 Å². The number of amides is 1. The normalized spacial score (nSPS) is 30.2. The van der Waals surface area contributed by atoms with E-state index >= 15 is 0 Å². The van der Waals surface area contributed by atoms with E-state index in [9.17, 15) is 14.7 Å². The summed E-state index contributed by atoms with van der Waals surface area (Å²) < 4.78 is 0. The molecule has 1 aliphatic heterocycles. The molecule has 1 saturated carbocycles. The molecule has 0 aromatic heterocycles. The molecule has 2 atom stereocenters. The molecule has 2 fully saturated rings. The van der Waals surface area contributed by atoms with Crippen molar-refractivity contribution in [3.63, 3.8) is 0 Å². The molecule has 19 heavy (non-hydrogen) atoms. The molecule has 2 aliphatic rings. The summed E-state index contributed by atoms with van der Waals surface area (Å²) in [6, 6.07) is 0. The monoisotopic (exact) mass is 268 g/mol.